The van der Waals surface area contributed by atoms with Crippen molar-refractivity contribution >= 4 is 27.5 Å². The number of rotatable bonds is 6. The molecule has 0 aliphatic carbocycles. The van der Waals surface area contributed by atoms with Crippen LogP contribution < -0.4 is 0 Å². The van der Waals surface area contributed by atoms with Gasteiger partial charge in [0.1, 0.15) is 0 Å². The second kappa shape index (κ2) is 9.05. The van der Waals surface area contributed by atoms with Crippen LogP contribution in [0.4, 0.5) is 0 Å². The van der Waals surface area contributed by atoms with Crippen molar-refractivity contribution in [3.05, 3.63) is 64.7 Å². The zero-order chi connectivity index (χ0) is 20.1. The second-order valence-corrected chi connectivity index (χ2v) is 8.86. The topological polar surface area (TPSA) is 66.9 Å². The largest absolute Gasteiger partial charge is 0.378 e. The number of ether oxygens (including phenoxy) is 1. The van der Waals surface area contributed by atoms with Gasteiger partial charge in [-0.15, -0.1) is 0 Å². The quantitative estimate of drug-likeness (QED) is 0.717. The highest BCUT2D eigenvalue weighted by Crippen LogP contribution is 2.21. The lowest BCUT2D eigenvalue weighted by Crippen LogP contribution is -2.40. The number of morpholine rings is 1. The van der Waals surface area contributed by atoms with Crippen molar-refractivity contribution in [1.29, 1.82) is 0 Å². The Morgan fingerprint density at radius 2 is 1.68 bits per heavy atom. The molecule has 6 nitrogen and oxygen atoms in total. The molecule has 1 amide bonds. The molecule has 1 saturated heterocycles. The first-order chi connectivity index (χ1) is 13.4. The van der Waals surface area contributed by atoms with Gasteiger partial charge in [0.25, 0.3) is 5.91 Å². The molecule has 0 aromatic heterocycles. The Kier molecular flexibility index (Phi) is 6.72. The molecule has 1 heterocycles. The fourth-order valence-corrected chi connectivity index (χ4v) is 4.59. The van der Waals surface area contributed by atoms with Crippen LogP contribution in [0.15, 0.2) is 53.4 Å². The smallest absolute Gasteiger partial charge is 0.254 e. The molecule has 8 heteroatoms. The van der Waals surface area contributed by atoms with Gasteiger partial charge < -0.3 is 9.64 Å². The van der Waals surface area contributed by atoms with Gasteiger partial charge in [-0.1, -0.05) is 30.7 Å². The summed E-state index contributed by atoms with van der Waals surface area (Å²) >= 11 is 5.86. The summed E-state index contributed by atoms with van der Waals surface area (Å²) in [7, 11) is -3.62. The van der Waals surface area contributed by atoms with Crippen molar-refractivity contribution in [2.45, 2.75) is 18.4 Å². The first kappa shape index (κ1) is 20.8. The first-order valence-corrected chi connectivity index (χ1v) is 11.0. The molecule has 0 N–H and O–H groups in total. The number of hydrogen-bond donors (Lipinski definition) is 0. The monoisotopic (exact) mass is 422 g/mol. The van der Waals surface area contributed by atoms with Gasteiger partial charge >= 0.3 is 0 Å². The molecule has 3 rings (SSSR count). The molecule has 1 fully saturated rings. The van der Waals surface area contributed by atoms with Crippen LogP contribution in [0.5, 0.6) is 0 Å². The Balaban J connectivity index is 1.72. The van der Waals surface area contributed by atoms with Crippen LogP contribution >= 0.6 is 11.6 Å². The summed E-state index contributed by atoms with van der Waals surface area (Å²) in [5, 5.41) is 0.488. The number of nitrogens with zero attached hydrogens (tertiary/aromatic N) is 2. The van der Waals surface area contributed by atoms with Gasteiger partial charge in [0.2, 0.25) is 10.0 Å². The SMILES string of the molecule is CCN(Cc1ccc(C(=O)N2CCOCC2)cc1)S(=O)(=O)c1ccc(Cl)cc1. The summed E-state index contributed by atoms with van der Waals surface area (Å²) in [4.78, 5) is 14.5. The zero-order valence-electron chi connectivity index (χ0n) is 15.7. The van der Waals surface area contributed by atoms with E-state index in [1.807, 2.05) is 0 Å². The average molecular weight is 423 g/mol. The Morgan fingerprint density at radius 3 is 2.25 bits per heavy atom. The number of benzene rings is 2. The maximum atomic E-state index is 12.9. The van der Waals surface area contributed by atoms with E-state index in [1.54, 1.807) is 48.2 Å². The second-order valence-electron chi connectivity index (χ2n) is 6.49. The molecule has 2 aromatic rings. The number of hydrogen-bond acceptors (Lipinski definition) is 4. The first-order valence-electron chi connectivity index (χ1n) is 9.13. The van der Waals surface area contributed by atoms with Crippen LogP contribution in [0.2, 0.25) is 5.02 Å². The van der Waals surface area contributed by atoms with Gasteiger partial charge in [-0.25, -0.2) is 8.42 Å². The molecule has 0 atom stereocenters. The van der Waals surface area contributed by atoms with E-state index in [1.165, 1.54) is 16.4 Å². The minimum atomic E-state index is -3.62. The van der Waals surface area contributed by atoms with Crippen LogP contribution in [0.1, 0.15) is 22.8 Å². The van der Waals surface area contributed by atoms with E-state index in [4.69, 9.17) is 16.3 Å². The van der Waals surface area contributed by atoms with Crippen molar-refractivity contribution < 1.29 is 17.9 Å². The van der Waals surface area contributed by atoms with Crippen molar-refractivity contribution in [3.8, 4) is 0 Å². The molecule has 150 valence electrons. The van der Waals surface area contributed by atoms with E-state index in [9.17, 15) is 13.2 Å². The summed E-state index contributed by atoms with van der Waals surface area (Å²) in [6.07, 6.45) is 0. The Hall–Kier alpha value is -1.93. The standard InChI is InChI=1S/C20H23ClN2O4S/c1-2-23(28(25,26)19-9-7-18(21)8-10-19)15-16-3-5-17(6-4-16)20(24)22-11-13-27-14-12-22/h3-10H,2,11-15H2,1H3. The van der Waals surface area contributed by atoms with E-state index in [2.05, 4.69) is 0 Å². The highest BCUT2D eigenvalue weighted by atomic mass is 35.5. The summed E-state index contributed by atoms with van der Waals surface area (Å²) in [6.45, 7) is 4.64. The van der Waals surface area contributed by atoms with Gasteiger partial charge in [0, 0.05) is 36.8 Å². The van der Waals surface area contributed by atoms with Crippen LogP contribution in [0.3, 0.4) is 0 Å². The third-order valence-electron chi connectivity index (χ3n) is 4.66. The highest BCUT2D eigenvalue weighted by Gasteiger charge is 2.23. The summed E-state index contributed by atoms with van der Waals surface area (Å²) < 4.78 is 32.4. The lowest BCUT2D eigenvalue weighted by molar-refractivity contribution is 0.0303. The highest BCUT2D eigenvalue weighted by molar-refractivity contribution is 7.89. The van der Waals surface area contributed by atoms with Crippen molar-refractivity contribution in [1.82, 2.24) is 9.21 Å². The maximum Gasteiger partial charge on any atom is 0.254 e. The van der Waals surface area contributed by atoms with Crippen LogP contribution in [0.25, 0.3) is 0 Å². The molecular formula is C20H23ClN2O4S. The average Bonchev–Trinajstić information content (AvgIpc) is 2.72. The normalized spacial score (nSPS) is 15.0. The molecule has 0 unspecified atom stereocenters. The lowest BCUT2D eigenvalue weighted by Gasteiger charge is -2.27. The molecule has 1 aliphatic rings. The Bertz CT molecular complexity index is 908. The predicted octanol–water partition coefficient (Wildman–Crippen LogP) is 3.02. The van der Waals surface area contributed by atoms with Crippen LogP contribution in [0, 0.1) is 0 Å². The third kappa shape index (κ3) is 4.72. The van der Waals surface area contributed by atoms with Crippen LogP contribution in [-0.4, -0.2) is 56.4 Å². The van der Waals surface area contributed by atoms with E-state index >= 15 is 0 Å². The van der Waals surface area contributed by atoms with Gasteiger partial charge in [0.15, 0.2) is 0 Å². The van der Waals surface area contributed by atoms with Gasteiger partial charge in [-0.2, -0.15) is 4.31 Å². The molecule has 0 radical (unpaired) electrons. The zero-order valence-corrected chi connectivity index (χ0v) is 17.2. The molecule has 0 bridgehead atoms. The predicted molar refractivity (Wildman–Crippen MR) is 108 cm³/mol. The van der Waals surface area contributed by atoms with Crippen molar-refractivity contribution in [2.75, 3.05) is 32.8 Å². The summed E-state index contributed by atoms with van der Waals surface area (Å²) in [6, 6.07) is 13.2. The molecule has 2 aromatic carbocycles. The molecule has 1 aliphatic heterocycles. The summed E-state index contributed by atoms with van der Waals surface area (Å²) in [5.74, 6) is -0.0315. The van der Waals surface area contributed by atoms with Gasteiger partial charge in [0.05, 0.1) is 18.1 Å². The fourth-order valence-electron chi connectivity index (χ4n) is 3.03. The minimum Gasteiger partial charge on any atom is -0.378 e. The van der Waals surface area contributed by atoms with E-state index in [0.29, 0.717) is 43.4 Å². The number of sulfonamides is 1. The summed E-state index contributed by atoms with van der Waals surface area (Å²) in [5.41, 5.74) is 1.41. The number of carbonyl (C=O) groups is 1. The Labute approximate surface area is 170 Å². The molecule has 0 saturated carbocycles. The van der Waals surface area contributed by atoms with E-state index in [-0.39, 0.29) is 17.3 Å². The maximum absolute atomic E-state index is 12.9. The number of amides is 1. The lowest BCUT2D eigenvalue weighted by atomic mass is 10.1. The minimum absolute atomic E-state index is 0.0315. The van der Waals surface area contributed by atoms with E-state index < -0.39 is 10.0 Å². The molecular weight excluding hydrogens is 400 g/mol. The number of carbonyl (C=O) groups excluding carboxylic acids is 1. The molecule has 28 heavy (non-hydrogen) atoms. The van der Waals surface area contributed by atoms with Crippen LogP contribution in [-0.2, 0) is 21.3 Å². The number of halogens is 1. The van der Waals surface area contributed by atoms with Gasteiger partial charge in [-0.05, 0) is 42.0 Å². The van der Waals surface area contributed by atoms with Gasteiger partial charge in [-0.3, -0.25) is 4.79 Å². The fraction of sp³-hybridized carbons (Fsp3) is 0.350. The van der Waals surface area contributed by atoms with E-state index in [0.717, 1.165) is 5.56 Å². The van der Waals surface area contributed by atoms with Crippen molar-refractivity contribution in [2.24, 2.45) is 0 Å². The Morgan fingerprint density at radius 1 is 1.07 bits per heavy atom. The molecule has 0 spiro atoms. The van der Waals surface area contributed by atoms with Crippen molar-refractivity contribution in [3.63, 3.8) is 0 Å². The third-order valence-corrected chi connectivity index (χ3v) is 6.85.